The maximum absolute atomic E-state index is 4.83. The molecule has 4 aromatic rings. The molecule has 0 radical (unpaired) electrons. The minimum absolute atomic E-state index is 1.06. The molecule has 0 saturated carbocycles. The Balaban J connectivity index is 2.28. The quantitative estimate of drug-likeness (QED) is 0.484. The molecule has 0 aliphatic heterocycles. The third-order valence-corrected chi connectivity index (χ3v) is 3.52. The maximum atomic E-state index is 4.83. The van der Waals surface area contributed by atoms with Crippen LogP contribution in [0.15, 0.2) is 48.7 Å². The summed E-state index contributed by atoms with van der Waals surface area (Å²) in [5.74, 6) is 0. The summed E-state index contributed by atoms with van der Waals surface area (Å²) in [7, 11) is 0. The number of pyridine rings is 2. The molecule has 2 nitrogen and oxygen atoms in total. The first-order valence-corrected chi connectivity index (χ1v) is 6.09. The van der Waals surface area contributed by atoms with E-state index in [1.54, 1.807) is 0 Å². The Morgan fingerprint density at radius 3 is 2.78 bits per heavy atom. The number of H-pyrrole nitrogens is 1. The third kappa shape index (κ3) is 1.20. The molecule has 0 unspecified atom stereocenters. The van der Waals surface area contributed by atoms with Crippen molar-refractivity contribution >= 4 is 32.7 Å². The van der Waals surface area contributed by atoms with Crippen molar-refractivity contribution in [3.63, 3.8) is 0 Å². The number of rotatable bonds is 0. The van der Waals surface area contributed by atoms with Crippen LogP contribution in [0.5, 0.6) is 0 Å². The molecular weight excluding hydrogens is 220 g/mol. The molecule has 2 heterocycles. The Bertz CT molecular complexity index is 887. The number of fused-ring (bicyclic) bond motifs is 4. The number of nitrogens with zero attached hydrogens (tertiary/aromatic N) is 1. The van der Waals surface area contributed by atoms with Gasteiger partial charge < -0.3 is 4.98 Å². The lowest BCUT2D eigenvalue weighted by Gasteiger charge is -2.02. The molecule has 0 aliphatic carbocycles. The normalized spacial score (nSPS) is 11.6. The van der Waals surface area contributed by atoms with E-state index in [1.807, 2.05) is 6.20 Å². The molecular formula is C16H12N2. The number of nitrogens with one attached hydrogen (secondary N) is 1. The zero-order chi connectivity index (χ0) is 12.1. The van der Waals surface area contributed by atoms with Gasteiger partial charge in [-0.1, -0.05) is 24.3 Å². The van der Waals surface area contributed by atoms with Crippen molar-refractivity contribution in [1.82, 2.24) is 9.97 Å². The fourth-order valence-electron chi connectivity index (χ4n) is 2.61. The fourth-order valence-corrected chi connectivity index (χ4v) is 2.61. The molecule has 0 aliphatic rings. The van der Waals surface area contributed by atoms with E-state index < -0.39 is 0 Å². The summed E-state index contributed by atoms with van der Waals surface area (Å²) < 4.78 is 0. The SMILES string of the molecule is Cc1cc[nH]c2cc3cc4ccccc4c3nc12. The lowest BCUT2D eigenvalue weighted by atomic mass is 10.2. The van der Waals surface area contributed by atoms with Crippen LogP contribution < -0.4 is 0 Å². The van der Waals surface area contributed by atoms with Crippen LogP contribution in [-0.2, 0) is 0 Å². The van der Waals surface area contributed by atoms with Gasteiger partial charge in [-0.15, -0.1) is 0 Å². The summed E-state index contributed by atoms with van der Waals surface area (Å²) in [5.41, 5.74) is 4.45. The van der Waals surface area contributed by atoms with Gasteiger partial charge in [0.05, 0.1) is 16.6 Å². The second-order valence-corrected chi connectivity index (χ2v) is 4.71. The van der Waals surface area contributed by atoms with Gasteiger partial charge in [0.1, 0.15) is 0 Å². The smallest absolute Gasteiger partial charge is 0.0901 e. The van der Waals surface area contributed by atoms with Gasteiger partial charge in [0.15, 0.2) is 0 Å². The topological polar surface area (TPSA) is 28.7 Å². The molecule has 0 saturated heterocycles. The van der Waals surface area contributed by atoms with Crippen LogP contribution >= 0.6 is 0 Å². The number of hydrogen-bond acceptors (Lipinski definition) is 1. The molecule has 1 N–H and O–H groups in total. The first-order chi connectivity index (χ1) is 8.83. The van der Waals surface area contributed by atoms with Crippen LogP contribution in [0.2, 0.25) is 0 Å². The summed E-state index contributed by atoms with van der Waals surface area (Å²) >= 11 is 0. The summed E-state index contributed by atoms with van der Waals surface area (Å²) in [6.45, 7) is 2.10. The molecule has 0 bridgehead atoms. The van der Waals surface area contributed by atoms with Gasteiger partial charge in [0, 0.05) is 17.0 Å². The average molecular weight is 232 g/mol. The van der Waals surface area contributed by atoms with E-state index in [2.05, 4.69) is 54.4 Å². The standard InChI is InChI=1S/C16H12N2/c1-10-6-7-17-14-9-12-8-11-4-2-3-5-13(11)16(12)18-15(10)14/h2-9,17H,1H3. The van der Waals surface area contributed by atoms with Crippen LogP contribution in [0.1, 0.15) is 5.56 Å². The number of aromatic nitrogens is 2. The molecule has 0 amide bonds. The fraction of sp³-hybridized carbons (Fsp3) is 0.0625. The van der Waals surface area contributed by atoms with E-state index in [0.29, 0.717) is 0 Å². The molecule has 2 heteroatoms. The Kier molecular flexibility index (Phi) is 1.78. The van der Waals surface area contributed by atoms with Crippen LogP contribution in [0.4, 0.5) is 0 Å². The van der Waals surface area contributed by atoms with Crippen LogP contribution in [-0.4, -0.2) is 9.97 Å². The van der Waals surface area contributed by atoms with E-state index in [0.717, 1.165) is 16.6 Å². The second-order valence-electron chi connectivity index (χ2n) is 4.71. The van der Waals surface area contributed by atoms with E-state index >= 15 is 0 Å². The van der Waals surface area contributed by atoms with Crippen molar-refractivity contribution < 1.29 is 0 Å². The number of aryl methyl sites for hydroxylation is 1. The lowest BCUT2D eigenvalue weighted by molar-refractivity contribution is 1.33. The van der Waals surface area contributed by atoms with Crippen molar-refractivity contribution in [3.8, 4) is 0 Å². The highest BCUT2D eigenvalue weighted by Gasteiger charge is 2.07. The molecule has 0 atom stereocenters. The highest BCUT2D eigenvalue weighted by Crippen LogP contribution is 2.29. The minimum atomic E-state index is 1.06. The van der Waals surface area contributed by atoms with E-state index in [1.165, 1.54) is 21.7 Å². The molecule has 0 spiro atoms. The summed E-state index contributed by atoms with van der Waals surface area (Å²) in [6, 6.07) is 14.9. The zero-order valence-corrected chi connectivity index (χ0v) is 10.1. The van der Waals surface area contributed by atoms with E-state index in [-0.39, 0.29) is 0 Å². The van der Waals surface area contributed by atoms with Crippen LogP contribution in [0.25, 0.3) is 32.7 Å². The highest BCUT2D eigenvalue weighted by atomic mass is 14.8. The molecule has 86 valence electrons. The van der Waals surface area contributed by atoms with Crippen molar-refractivity contribution in [3.05, 3.63) is 54.2 Å². The van der Waals surface area contributed by atoms with Gasteiger partial charge in [-0.05, 0) is 36.1 Å². The van der Waals surface area contributed by atoms with Gasteiger partial charge in [0.2, 0.25) is 0 Å². The third-order valence-electron chi connectivity index (χ3n) is 3.52. The first kappa shape index (κ1) is 9.66. The number of hydrogen-bond donors (Lipinski definition) is 1. The zero-order valence-electron chi connectivity index (χ0n) is 10.1. The Hall–Kier alpha value is -2.35. The summed E-state index contributed by atoms with van der Waals surface area (Å²) in [4.78, 5) is 8.10. The lowest BCUT2D eigenvalue weighted by Crippen LogP contribution is -1.86. The predicted molar refractivity (Wildman–Crippen MR) is 75.8 cm³/mol. The maximum Gasteiger partial charge on any atom is 0.0901 e. The Morgan fingerprint density at radius 2 is 1.83 bits per heavy atom. The van der Waals surface area contributed by atoms with Crippen molar-refractivity contribution in [1.29, 1.82) is 0 Å². The Labute approximate surface area is 104 Å². The molecule has 0 fully saturated rings. The molecule has 4 rings (SSSR count). The predicted octanol–water partition coefficient (Wildman–Crippen LogP) is 4.18. The van der Waals surface area contributed by atoms with E-state index in [4.69, 9.17) is 4.98 Å². The first-order valence-electron chi connectivity index (χ1n) is 6.09. The number of benzene rings is 1. The van der Waals surface area contributed by atoms with Gasteiger partial charge >= 0.3 is 0 Å². The molecule has 2 aromatic heterocycles. The van der Waals surface area contributed by atoms with Gasteiger partial charge in [0.25, 0.3) is 0 Å². The minimum Gasteiger partial charge on any atom is -0.360 e. The summed E-state index contributed by atoms with van der Waals surface area (Å²) in [6.07, 6.45) is 1.97. The number of aromatic amines is 1. The van der Waals surface area contributed by atoms with E-state index in [9.17, 15) is 0 Å². The van der Waals surface area contributed by atoms with Gasteiger partial charge in [-0.2, -0.15) is 0 Å². The van der Waals surface area contributed by atoms with Gasteiger partial charge in [-0.3, -0.25) is 0 Å². The van der Waals surface area contributed by atoms with Crippen LogP contribution in [0, 0.1) is 6.92 Å². The van der Waals surface area contributed by atoms with Crippen LogP contribution in [0.3, 0.4) is 0 Å². The summed E-state index contributed by atoms with van der Waals surface area (Å²) in [5, 5.41) is 3.69. The van der Waals surface area contributed by atoms with Crippen molar-refractivity contribution in [2.75, 3.05) is 0 Å². The molecule has 2 aromatic carbocycles. The second kappa shape index (κ2) is 3.33. The van der Waals surface area contributed by atoms with Gasteiger partial charge in [-0.25, -0.2) is 4.98 Å². The highest BCUT2D eigenvalue weighted by molar-refractivity contribution is 6.12. The molecule has 18 heavy (non-hydrogen) atoms. The largest absolute Gasteiger partial charge is 0.360 e. The van der Waals surface area contributed by atoms with Crippen molar-refractivity contribution in [2.24, 2.45) is 0 Å². The van der Waals surface area contributed by atoms with Crippen molar-refractivity contribution in [2.45, 2.75) is 6.92 Å². The average Bonchev–Trinajstić information content (AvgIpc) is 2.75. The Morgan fingerprint density at radius 1 is 0.944 bits per heavy atom. The monoisotopic (exact) mass is 232 g/mol.